The topological polar surface area (TPSA) is 27.2 Å². The molecule has 0 atom stereocenters. The first kappa shape index (κ1) is 8.97. The van der Waals surface area contributed by atoms with Gasteiger partial charge in [-0.3, -0.25) is 0 Å². The monoisotopic (exact) mass is 257 g/mol. The molecule has 4 heteroatoms. The van der Waals surface area contributed by atoms with Crippen LogP contribution in [0.3, 0.4) is 0 Å². The van der Waals surface area contributed by atoms with Gasteiger partial charge < -0.3 is 5.11 Å². The van der Waals surface area contributed by atoms with Crippen LogP contribution in [0.5, 0.6) is 5.75 Å². The summed E-state index contributed by atoms with van der Waals surface area (Å²) in [5.74, 6) is 0.0729. The van der Waals surface area contributed by atoms with Crippen LogP contribution >= 0.6 is 27.3 Å². The highest BCUT2D eigenvalue weighted by Gasteiger charge is 2.14. The zero-order valence-electron chi connectivity index (χ0n) is 7.30. The Morgan fingerprint density at radius 3 is 2.77 bits per heavy atom. The first-order valence-corrected chi connectivity index (χ1v) is 5.54. The van der Waals surface area contributed by atoms with Crippen molar-refractivity contribution in [2.45, 2.75) is 13.8 Å². The van der Waals surface area contributed by atoms with E-state index in [2.05, 4.69) is 15.9 Å². The summed E-state index contributed by atoms with van der Waals surface area (Å²) in [6.45, 7) is 4.00. The fraction of sp³-hybridized carbons (Fsp3) is 0.222. The summed E-state index contributed by atoms with van der Waals surface area (Å²) in [6.07, 6.45) is 0. The fourth-order valence-corrected chi connectivity index (χ4v) is 3.06. The molecule has 0 aliphatic rings. The molecule has 0 radical (unpaired) electrons. The van der Waals surface area contributed by atoms with Crippen molar-refractivity contribution < 1.29 is 9.51 Å². The van der Waals surface area contributed by atoms with E-state index in [0.29, 0.717) is 4.47 Å². The number of nitrogens with zero attached hydrogens (tertiary/aromatic N) is 1. The summed E-state index contributed by atoms with van der Waals surface area (Å²) in [5, 5.41) is 13.6. The molecular formula is C9H8BrNOS. The minimum absolute atomic E-state index is 0.0729. The maximum absolute atomic E-state index is 11.6. The van der Waals surface area contributed by atoms with Gasteiger partial charge in [0.2, 0.25) is 0 Å². The predicted octanol–water partition coefficient (Wildman–Crippen LogP) is 1.94. The number of fused-ring (bicyclic) bond motifs is 1. The standard InChI is InChI=1S/C9H8BrNOS/c1-5-3-7(10)8(12)9-11(5)6(2)4-13-9/h3-4H,1-2H3. The quantitative estimate of drug-likeness (QED) is 0.663. The fourth-order valence-electron chi connectivity index (χ4n) is 1.42. The highest BCUT2D eigenvalue weighted by Crippen LogP contribution is 2.27. The number of hydrogen-bond acceptors (Lipinski definition) is 2. The molecule has 0 amide bonds. The molecule has 0 unspecified atom stereocenters. The normalized spacial score (nSPS) is 11.0. The van der Waals surface area contributed by atoms with Gasteiger partial charge >= 0.3 is 0 Å². The summed E-state index contributed by atoms with van der Waals surface area (Å²) in [7, 11) is 0. The minimum Gasteiger partial charge on any atom is -0.867 e. The van der Waals surface area contributed by atoms with Crippen molar-refractivity contribution in [3.63, 3.8) is 0 Å². The average Bonchev–Trinajstić information content (AvgIpc) is 2.44. The Morgan fingerprint density at radius 2 is 2.08 bits per heavy atom. The number of pyridine rings is 1. The van der Waals surface area contributed by atoms with Crippen molar-refractivity contribution in [3.8, 4) is 5.75 Å². The molecule has 0 fully saturated rings. The summed E-state index contributed by atoms with van der Waals surface area (Å²) in [4.78, 5) is 0.782. The number of halogens is 1. The first-order chi connectivity index (χ1) is 6.11. The third-order valence-electron chi connectivity index (χ3n) is 2.00. The molecule has 2 aromatic heterocycles. The van der Waals surface area contributed by atoms with Gasteiger partial charge in [0.25, 0.3) is 4.83 Å². The number of hydrogen-bond donors (Lipinski definition) is 0. The van der Waals surface area contributed by atoms with Gasteiger partial charge in [-0.05, 0) is 5.75 Å². The SMILES string of the molecule is Cc1csc2c([O-])c(Br)cc(C)[n+]12. The van der Waals surface area contributed by atoms with Crippen LogP contribution in [0.15, 0.2) is 15.9 Å². The van der Waals surface area contributed by atoms with Crippen LogP contribution in [0, 0.1) is 13.8 Å². The molecule has 13 heavy (non-hydrogen) atoms. The van der Waals surface area contributed by atoms with Gasteiger partial charge in [-0.25, -0.2) is 0 Å². The number of rotatable bonds is 0. The van der Waals surface area contributed by atoms with Crippen molar-refractivity contribution in [1.29, 1.82) is 0 Å². The zero-order valence-corrected chi connectivity index (χ0v) is 9.70. The van der Waals surface area contributed by atoms with Crippen LogP contribution in [-0.2, 0) is 0 Å². The zero-order chi connectivity index (χ0) is 9.59. The molecule has 2 rings (SSSR count). The van der Waals surface area contributed by atoms with Gasteiger partial charge in [0, 0.05) is 24.4 Å². The van der Waals surface area contributed by atoms with Crippen LogP contribution in [0.2, 0.25) is 0 Å². The van der Waals surface area contributed by atoms with Crippen molar-refractivity contribution in [2.75, 3.05) is 0 Å². The summed E-state index contributed by atoms with van der Waals surface area (Å²) < 4.78 is 2.63. The van der Waals surface area contributed by atoms with E-state index in [4.69, 9.17) is 0 Å². The second-order valence-electron chi connectivity index (χ2n) is 2.98. The Kier molecular flexibility index (Phi) is 2.04. The molecule has 2 heterocycles. The van der Waals surface area contributed by atoms with Crippen LogP contribution in [0.25, 0.3) is 4.83 Å². The average molecular weight is 258 g/mol. The van der Waals surface area contributed by atoms with Crippen LogP contribution in [0.4, 0.5) is 0 Å². The molecule has 0 saturated carbocycles. The maximum Gasteiger partial charge on any atom is 0.260 e. The molecule has 0 saturated heterocycles. The van der Waals surface area contributed by atoms with E-state index in [1.165, 1.54) is 11.3 Å². The van der Waals surface area contributed by atoms with Gasteiger partial charge in [-0.1, -0.05) is 27.3 Å². The molecule has 0 aromatic carbocycles. The van der Waals surface area contributed by atoms with Crippen LogP contribution in [0.1, 0.15) is 11.4 Å². The Bertz CT molecular complexity index is 478. The van der Waals surface area contributed by atoms with Crippen molar-refractivity contribution in [2.24, 2.45) is 0 Å². The lowest BCUT2D eigenvalue weighted by molar-refractivity contribution is -0.526. The molecule has 0 aliphatic carbocycles. The van der Waals surface area contributed by atoms with Gasteiger partial charge in [0.1, 0.15) is 0 Å². The third-order valence-corrected chi connectivity index (χ3v) is 3.64. The van der Waals surface area contributed by atoms with E-state index in [9.17, 15) is 5.11 Å². The second kappa shape index (κ2) is 2.96. The summed E-state index contributed by atoms with van der Waals surface area (Å²) >= 11 is 4.75. The van der Waals surface area contributed by atoms with Crippen LogP contribution in [-0.4, -0.2) is 0 Å². The van der Waals surface area contributed by atoms with E-state index in [0.717, 1.165) is 16.2 Å². The van der Waals surface area contributed by atoms with E-state index in [1.807, 2.05) is 29.7 Å². The summed E-state index contributed by atoms with van der Waals surface area (Å²) in [5.41, 5.74) is 2.20. The molecule has 0 bridgehead atoms. The van der Waals surface area contributed by atoms with E-state index in [-0.39, 0.29) is 5.75 Å². The van der Waals surface area contributed by atoms with Gasteiger partial charge in [0.05, 0.1) is 5.38 Å². The Balaban J connectivity index is 2.99. The lowest BCUT2D eigenvalue weighted by Crippen LogP contribution is -2.27. The highest BCUT2D eigenvalue weighted by molar-refractivity contribution is 9.10. The number of thiazole rings is 1. The second-order valence-corrected chi connectivity index (χ2v) is 4.69. The lowest BCUT2D eigenvalue weighted by atomic mass is 10.3. The van der Waals surface area contributed by atoms with Crippen molar-refractivity contribution in [3.05, 3.63) is 27.3 Å². The molecule has 68 valence electrons. The molecule has 0 aliphatic heterocycles. The minimum atomic E-state index is 0.0729. The largest absolute Gasteiger partial charge is 0.867 e. The molecule has 2 aromatic rings. The van der Waals surface area contributed by atoms with Crippen molar-refractivity contribution >= 4 is 32.1 Å². The van der Waals surface area contributed by atoms with E-state index < -0.39 is 0 Å². The van der Waals surface area contributed by atoms with Gasteiger partial charge in [0.15, 0.2) is 11.4 Å². The highest BCUT2D eigenvalue weighted by atomic mass is 79.9. The first-order valence-electron chi connectivity index (χ1n) is 3.87. The van der Waals surface area contributed by atoms with Crippen molar-refractivity contribution in [1.82, 2.24) is 0 Å². The Hall–Kier alpha value is -0.610. The third kappa shape index (κ3) is 1.25. The number of aromatic nitrogens is 1. The van der Waals surface area contributed by atoms with Gasteiger partial charge in [-0.15, -0.1) is 0 Å². The Labute approximate surface area is 88.6 Å². The molecule has 0 N–H and O–H groups in total. The molecular weight excluding hydrogens is 250 g/mol. The van der Waals surface area contributed by atoms with E-state index >= 15 is 0 Å². The predicted molar refractivity (Wildman–Crippen MR) is 54.1 cm³/mol. The van der Waals surface area contributed by atoms with Crippen LogP contribution < -0.4 is 9.51 Å². The lowest BCUT2D eigenvalue weighted by Gasteiger charge is -2.05. The van der Waals surface area contributed by atoms with Gasteiger partial charge in [-0.2, -0.15) is 4.40 Å². The molecule has 0 spiro atoms. The maximum atomic E-state index is 11.6. The molecule has 2 nitrogen and oxygen atoms in total. The smallest absolute Gasteiger partial charge is 0.260 e. The van der Waals surface area contributed by atoms with E-state index in [1.54, 1.807) is 0 Å². The summed E-state index contributed by atoms with van der Waals surface area (Å²) in [6, 6.07) is 1.86. The number of aryl methyl sites for hydroxylation is 2. The Morgan fingerprint density at radius 1 is 1.38 bits per heavy atom.